The molecule has 0 fully saturated rings. The molecule has 8 heteroatoms. The summed E-state index contributed by atoms with van der Waals surface area (Å²) in [5, 5.41) is 9.45. The van der Waals surface area contributed by atoms with E-state index in [0.29, 0.717) is 0 Å². The number of benzene rings is 1. The smallest absolute Gasteiger partial charge is 0.485 e. The van der Waals surface area contributed by atoms with Crippen molar-refractivity contribution in [1.29, 1.82) is 0 Å². The van der Waals surface area contributed by atoms with E-state index in [1.165, 1.54) is 6.92 Å². The third-order valence-corrected chi connectivity index (χ3v) is 2.64. The Hall–Kier alpha value is -1.54. The normalized spacial score (nSPS) is 14.5. The molecule has 0 amide bonds. The van der Waals surface area contributed by atoms with Gasteiger partial charge in [-0.2, -0.15) is 13.2 Å². The zero-order chi connectivity index (χ0) is 14.2. The average Bonchev–Trinajstić information content (AvgIpc) is 2.66. The van der Waals surface area contributed by atoms with Crippen LogP contribution in [-0.4, -0.2) is 24.5 Å². The SMILES string of the molecule is CC(=O)COc1cc2c(cc1C(F)(F)F)COB2O. The number of rotatable bonds is 3. The first-order chi connectivity index (χ1) is 8.79. The van der Waals surface area contributed by atoms with E-state index in [1.807, 2.05) is 0 Å². The summed E-state index contributed by atoms with van der Waals surface area (Å²) in [5.41, 5.74) is -0.494. The molecule has 0 saturated heterocycles. The number of carbonyl (C=O) groups excluding carboxylic acids is 1. The van der Waals surface area contributed by atoms with Crippen molar-refractivity contribution in [3.63, 3.8) is 0 Å². The van der Waals surface area contributed by atoms with Gasteiger partial charge in [0.25, 0.3) is 0 Å². The minimum absolute atomic E-state index is 0.0907. The van der Waals surface area contributed by atoms with Crippen LogP contribution in [0.5, 0.6) is 5.75 Å². The summed E-state index contributed by atoms with van der Waals surface area (Å²) in [5.74, 6) is -0.878. The van der Waals surface area contributed by atoms with E-state index in [0.717, 1.165) is 12.1 Å². The van der Waals surface area contributed by atoms with Crippen LogP contribution in [0.1, 0.15) is 18.1 Å². The van der Waals surface area contributed by atoms with Crippen LogP contribution in [0.4, 0.5) is 13.2 Å². The highest BCUT2D eigenvalue weighted by Gasteiger charge is 2.38. The second-order valence-electron chi connectivity index (χ2n) is 4.20. The van der Waals surface area contributed by atoms with Crippen molar-refractivity contribution in [1.82, 2.24) is 0 Å². The van der Waals surface area contributed by atoms with Gasteiger partial charge in [0.15, 0.2) is 5.78 Å². The van der Waals surface area contributed by atoms with Crippen molar-refractivity contribution in [3.8, 4) is 5.75 Å². The van der Waals surface area contributed by atoms with Crippen LogP contribution in [0.15, 0.2) is 12.1 Å². The molecule has 0 bridgehead atoms. The molecule has 0 saturated carbocycles. The van der Waals surface area contributed by atoms with Gasteiger partial charge < -0.3 is 14.4 Å². The predicted molar refractivity (Wildman–Crippen MR) is 60.0 cm³/mol. The Labute approximate surface area is 107 Å². The number of Topliss-reactive ketones (excluding diaryl/α,β-unsaturated/α-hetero) is 1. The summed E-state index contributed by atoms with van der Waals surface area (Å²) in [6.45, 7) is 0.657. The fraction of sp³-hybridized carbons (Fsp3) is 0.364. The van der Waals surface area contributed by atoms with E-state index in [9.17, 15) is 23.0 Å². The fourth-order valence-corrected chi connectivity index (χ4v) is 1.77. The van der Waals surface area contributed by atoms with Gasteiger partial charge in [-0.15, -0.1) is 0 Å². The largest absolute Gasteiger partial charge is 0.491 e. The number of alkyl halides is 3. The second kappa shape index (κ2) is 4.86. The van der Waals surface area contributed by atoms with Gasteiger partial charge in [0, 0.05) is 0 Å². The molecule has 0 aliphatic carbocycles. The number of hydrogen-bond acceptors (Lipinski definition) is 4. The van der Waals surface area contributed by atoms with Crippen LogP contribution in [0.25, 0.3) is 0 Å². The molecule has 1 heterocycles. The number of fused-ring (bicyclic) bond motifs is 1. The molecule has 1 N–H and O–H groups in total. The molecule has 0 unspecified atom stereocenters. The molecule has 0 spiro atoms. The Kier molecular flexibility index (Phi) is 3.55. The molecule has 19 heavy (non-hydrogen) atoms. The molecule has 4 nitrogen and oxygen atoms in total. The Morgan fingerprint density at radius 3 is 2.79 bits per heavy atom. The molecular weight excluding hydrogens is 264 g/mol. The Morgan fingerprint density at radius 2 is 2.21 bits per heavy atom. The van der Waals surface area contributed by atoms with Gasteiger partial charge >= 0.3 is 13.3 Å². The topological polar surface area (TPSA) is 55.8 Å². The van der Waals surface area contributed by atoms with E-state index < -0.39 is 37.0 Å². The highest BCUT2D eigenvalue weighted by atomic mass is 19.4. The number of halogens is 3. The van der Waals surface area contributed by atoms with Crippen molar-refractivity contribution in [2.75, 3.05) is 6.61 Å². The maximum absolute atomic E-state index is 12.9. The predicted octanol–water partition coefficient (Wildman–Crippen LogP) is 0.891. The molecule has 102 valence electrons. The van der Waals surface area contributed by atoms with Gasteiger partial charge in [0.2, 0.25) is 0 Å². The van der Waals surface area contributed by atoms with Crippen molar-refractivity contribution in [2.45, 2.75) is 19.7 Å². The molecule has 1 aromatic rings. The minimum Gasteiger partial charge on any atom is -0.485 e. The average molecular weight is 274 g/mol. The van der Waals surface area contributed by atoms with E-state index in [-0.39, 0.29) is 17.6 Å². The maximum atomic E-state index is 12.9. The molecule has 0 atom stereocenters. The van der Waals surface area contributed by atoms with Gasteiger partial charge in [0.1, 0.15) is 12.4 Å². The van der Waals surface area contributed by atoms with Crippen molar-refractivity contribution >= 4 is 18.4 Å². The lowest BCUT2D eigenvalue weighted by molar-refractivity contribution is -0.139. The van der Waals surface area contributed by atoms with E-state index in [4.69, 9.17) is 9.39 Å². The molecule has 1 aliphatic heterocycles. The van der Waals surface area contributed by atoms with Crippen molar-refractivity contribution in [2.24, 2.45) is 0 Å². The van der Waals surface area contributed by atoms with Crippen molar-refractivity contribution in [3.05, 3.63) is 23.3 Å². The van der Waals surface area contributed by atoms with Gasteiger partial charge in [-0.25, -0.2) is 0 Å². The molecular formula is C11H10BF3O4. The van der Waals surface area contributed by atoms with Crippen LogP contribution in [0.3, 0.4) is 0 Å². The zero-order valence-corrected chi connectivity index (χ0v) is 9.95. The van der Waals surface area contributed by atoms with Gasteiger partial charge in [-0.05, 0) is 30.1 Å². The lowest BCUT2D eigenvalue weighted by Gasteiger charge is -2.15. The maximum Gasteiger partial charge on any atom is 0.491 e. The summed E-state index contributed by atoms with van der Waals surface area (Å²) >= 11 is 0. The molecule has 1 aliphatic rings. The minimum atomic E-state index is -4.60. The molecule has 0 radical (unpaired) electrons. The highest BCUT2D eigenvalue weighted by Crippen LogP contribution is 2.37. The Balaban J connectivity index is 2.43. The van der Waals surface area contributed by atoms with Crippen LogP contribution in [-0.2, 0) is 22.2 Å². The Bertz CT molecular complexity index is 515. The van der Waals surface area contributed by atoms with E-state index >= 15 is 0 Å². The first-order valence-corrected chi connectivity index (χ1v) is 5.45. The van der Waals surface area contributed by atoms with Gasteiger partial charge in [-0.1, -0.05) is 0 Å². The summed E-state index contributed by atoms with van der Waals surface area (Å²) in [7, 11) is -1.27. The lowest BCUT2D eigenvalue weighted by atomic mass is 9.79. The molecule has 2 rings (SSSR count). The number of carbonyl (C=O) groups is 1. The number of hydrogen-bond donors (Lipinski definition) is 1. The van der Waals surface area contributed by atoms with Crippen LogP contribution in [0, 0.1) is 0 Å². The zero-order valence-electron chi connectivity index (χ0n) is 9.95. The third-order valence-electron chi connectivity index (χ3n) is 2.64. The molecule has 0 aromatic heterocycles. The summed E-state index contributed by atoms with van der Waals surface area (Å²) in [6.07, 6.45) is -4.60. The quantitative estimate of drug-likeness (QED) is 0.832. The standard InChI is InChI=1S/C11H10BF3O4/c1-6(16)4-18-10-3-9-7(5-19-12(9)17)2-8(10)11(13,14)15/h2-3,17H,4-5H2,1H3. The fourth-order valence-electron chi connectivity index (χ4n) is 1.77. The van der Waals surface area contributed by atoms with E-state index in [1.54, 1.807) is 0 Å². The third kappa shape index (κ3) is 2.90. The van der Waals surface area contributed by atoms with Crippen molar-refractivity contribution < 1.29 is 32.4 Å². The number of ether oxygens (including phenoxy) is 1. The van der Waals surface area contributed by atoms with Gasteiger partial charge in [-0.3, -0.25) is 4.79 Å². The van der Waals surface area contributed by atoms with E-state index in [2.05, 4.69) is 0 Å². The number of ketones is 1. The summed E-state index contributed by atoms with van der Waals surface area (Å²) in [4.78, 5) is 10.8. The van der Waals surface area contributed by atoms with Crippen LogP contribution in [0.2, 0.25) is 0 Å². The van der Waals surface area contributed by atoms with Gasteiger partial charge in [0.05, 0.1) is 12.2 Å². The highest BCUT2D eigenvalue weighted by molar-refractivity contribution is 6.61. The van der Waals surface area contributed by atoms with Crippen LogP contribution < -0.4 is 10.2 Å². The first-order valence-electron chi connectivity index (χ1n) is 5.45. The lowest BCUT2D eigenvalue weighted by Crippen LogP contribution is -2.29. The van der Waals surface area contributed by atoms with Crippen LogP contribution >= 0.6 is 0 Å². The first kappa shape index (κ1) is 13.9. The Morgan fingerprint density at radius 1 is 1.53 bits per heavy atom. The second-order valence-corrected chi connectivity index (χ2v) is 4.20. The summed E-state index contributed by atoms with van der Waals surface area (Å²) < 4.78 is 48.3. The monoisotopic (exact) mass is 274 g/mol. The molecule has 1 aromatic carbocycles. The summed E-state index contributed by atoms with van der Waals surface area (Å²) in [6, 6.07) is 1.94.